The van der Waals surface area contributed by atoms with Crippen molar-refractivity contribution in [2.24, 2.45) is 7.05 Å². The van der Waals surface area contributed by atoms with Gasteiger partial charge in [-0.15, -0.1) is 0 Å². The van der Waals surface area contributed by atoms with E-state index < -0.39 is 23.4 Å². The molecule has 6 nitrogen and oxygen atoms in total. The summed E-state index contributed by atoms with van der Waals surface area (Å²) in [5.74, 6) is -0.326. The predicted octanol–water partition coefficient (Wildman–Crippen LogP) is 1.93. The molecule has 0 spiro atoms. The van der Waals surface area contributed by atoms with Gasteiger partial charge in [0.05, 0.1) is 28.9 Å². The average molecular weight is 370 g/mol. The summed E-state index contributed by atoms with van der Waals surface area (Å²) in [6.45, 7) is 4.92. The van der Waals surface area contributed by atoms with E-state index in [4.69, 9.17) is 4.74 Å². The van der Waals surface area contributed by atoms with Gasteiger partial charge in [-0.25, -0.2) is 0 Å². The van der Waals surface area contributed by atoms with Crippen LogP contribution in [0, 0.1) is 0 Å². The molecule has 0 saturated carbocycles. The zero-order chi connectivity index (χ0) is 19.1. The molecule has 3 rings (SSSR count). The van der Waals surface area contributed by atoms with Gasteiger partial charge in [-0.3, -0.25) is 9.48 Å². The highest BCUT2D eigenvalue weighted by Gasteiger charge is 2.37. The minimum Gasteiger partial charge on any atom is -0.366 e. The summed E-state index contributed by atoms with van der Waals surface area (Å²) >= 11 is 0. The molecule has 9 heteroatoms. The summed E-state index contributed by atoms with van der Waals surface area (Å²) in [5, 5.41) is 10.5. The van der Waals surface area contributed by atoms with Crippen LogP contribution in [0.15, 0.2) is 18.2 Å². The van der Waals surface area contributed by atoms with Crippen molar-refractivity contribution >= 4 is 16.8 Å². The van der Waals surface area contributed by atoms with E-state index in [9.17, 15) is 18.0 Å². The van der Waals surface area contributed by atoms with Crippen LogP contribution in [-0.4, -0.2) is 41.5 Å². The topological polar surface area (TPSA) is 68.2 Å². The quantitative estimate of drug-likeness (QED) is 0.867. The molecular weight excluding hydrogens is 349 g/mol. The van der Waals surface area contributed by atoms with E-state index in [0.29, 0.717) is 30.8 Å². The molecule has 1 aliphatic heterocycles. The van der Waals surface area contributed by atoms with Crippen LogP contribution >= 0.6 is 0 Å². The normalized spacial score (nSPS) is 18.9. The van der Waals surface area contributed by atoms with Crippen molar-refractivity contribution in [3.05, 3.63) is 29.5 Å². The fourth-order valence-corrected chi connectivity index (χ4v) is 3.21. The fraction of sp³-hybridized carbons (Fsp3) is 0.529. The van der Waals surface area contributed by atoms with Gasteiger partial charge >= 0.3 is 6.18 Å². The molecule has 1 aromatic heterocycles. The van der Waals surface area contributed by atoms with E-state index in [1.54, 1.807) is 19.9 Å². The number of ether oxygens (including phenoxy) is 1. The van der Waals surface area contributed by atoms with Crippen LogP contribution in [0.25, 0.3) is 10.9 Å². The zero-order valence-corrected chi connectivity index (χ0v) is 14.8. The number of hydrogen-bond acceptors (Lipinski definition) is 4. The Hall–Kier alpha value is -2.13. The first-order valence-electron chi connectivity index (χ1n) is 8.29. The zero-order valence-electron chi connectivity index (χ0n) is 14.8. The molecule has 1 atom stereocenters. The largest absolute Gasteiger partial charge is 0.418 e. The number of aryl methyl sites for hydroxylation is 1. The van der Waals surface area contributed by atoms with E-state index in [0.717, 1.165) is 6.07 Å². The first kappa shape index (κ1) is 18.7. The Morgan fingerprint density at radius 1 is 1.38 bits per heavy atom. The number of benzene rings is 1. The summed E-state index contributed by atoms with van der Waals surface area (Å²) in [4.78, 5) is 12.5. The summed E-state index contributed by atoms with van der Waals surface area (Å²) in [5.41, 5.74) is -1.36. The van der Waals surface area contributed by atoms with Crippen LogP contribution in [0.4, 0.5) is 13.2 Å². The molecule has 142 valence electrons. The number of rotatable bonds is 3. The predicted molar refractivity (Wildman–Crippen MR) is 89.5 cm³/mol. The molecule has 0 bridgehead atoms. The molecule has 1 aliphatic rings. The Bertz CT molecular complexity index is 823. The van der Waals surface area contributed by atoms with Crippen molar-refractivity contribution in [3.63, 3.8) is 0 Å². The lowest BCUT2D eigenvalue weighted by molar-refractivity contribution is -0.137. The molecule has 1 saturated heterocycles. The third-order valence-electron chi connectivity index (χ3n) is 4.42. The minimum absolute atomic E-state index is 0.00657. The molecule has 0 aliphatic carbocycles. The van der Waals surface area contributed by atoms with E-state index in [2.05, 4.69) is 15.7 Å². The number of aromatic nitrogens is 2. The van der Waals surface area contributed by atoms with Gasteiger partial charge < -0.3 is 15.4 Å². The van der Waals surface area contributed by atoms with Crippen molar-refractivity contribution in [2.45, 2.75) is 31.7 Å². The van der Waals surface area contributed by atoms with E-state index in [1.807, 2.05) is 0 Å². The number of para-hydroxylation sites is 1. The summed E-state index contributed by atoms with van der Waals surface area (Å²) in [6.07, 6.45) is -5.12. The number of carbonyl (C=O) groups is 1. The molecule has 0 unspecified atom stereocenters. The smallest absolute Gasteiger partial charge is 0.366 e. The van der Waals surface area contributed by atoms with Crippen molar-refractivity contribution in [1.82, 2.24) is 20.4 Å². The second-order valence-corrected chi connectivity index (χ2v) is 6.85. The van der Waals surface area contributed by atoms with E-state index in [-0.39, 0.29) is 11.4 Å². The molecule has 1 aromatic carbocycles. The third kappa shape index (κ3) is 3.41. The van der Waals surface area contributed by atoms with E-state index in [1.165, 1.54) is 17.8 Å². The maximum atomic E-state index is 13.3. The molecular formula is C17H21F3N4O2. The first-order chi connectivity index (χ1) is 12.1. The monoisotopic (exact) mass is 370 g/mol. The molecule has 0 radical (unpaired) electrons. The Morgan fingerprint density at radius 2 is 2.12 bits per heavy atom. The number of nitrogens with zero attached hydrogens (tertiary/aromatic N) is 2. The summed E-state index contributed by atoms with van der Waals surface area (Å²) < 4.78 is 46.6. The number of halogens is 3. The van der Waals surface area contributed by atoms with Gasteiger partial charge in [0.2, 0.25) is 0 Å². The van der Waals surface area contributed by atoms with Gasteiger partial charge in [0.15, 0.2) is 0 Å². The van der Waals surface area contributed by atoms with Gasteiger partial charge in [0, 0.05) is 25.5 Å². The second-order valence-electron chi connectivity index (χ2n) is 6.85. The Morgan fingerprint density at radius 3 is 2.73 bits per heavy atom. The molecule has 1 fully saturated rings. The summed E-state index contributed by atoms with van der Waals surface area (Å²) in [7, 11) is 1.47. The van der Waals surface area contributed by atoms with Gasteiger partial charge in [-0.2, -0.15) is 18.3 Å². The van der Waals surface area contributed by atoms with Crippen LogP contribution < -0.4 is 10.6 Å². The number of amides is 1. The highest BCUT2D eigenvalue weighted by molar-refractivity contribution is 5.88. The number of morpholine rings is 1. The van der Waals surface area contributed by atoms with Gasteiger partial charge in [-0.05, 0) is 19.9 Å². The maximum absolute atomic E-state index is 13.3. The van der Waals surface area contributed by atoms with Crippen molar-refractivity contribution < 1.29 is 22.7 Å². The fourth-order valence-electron chi connectivity index (χ4n) is 3.21. The van der Waals surface area contributed by atoms with Gasteiger partial charge in [-0.1, -0.05) is 12.1 Å². The SMILES string of the molecule is Cn1nc(C(C)(C)NC(=O)[C@@H]2CNCCO2)c2cccc(C(F)(F)F)c21. The molecule has 26 heavy (non-hydrogen) atoms. The Labute approximate surface area is 148 Å². The van der Waals surface area contributed by atoms with Crippen LogP contribution in [-0.2, 0) is 28.3 Å². The van der Waals surface area contributed by atoms with Gasteiger partial charge in [0.1, 0.15) is 6.10 Å². The molecule has 2 N–H and O–H groups in total. The lowest BCUT2D eigenvalue weighted by Crippen LogP contribution is -2.52. The van der Waals surface area contributed by atoms with Crippen LogP contribution in [0.3, 0.4) is 0 Å². The Balaban J connectivity index is 1.97. The number of nitrogens with one attached hydrogen (secondary N) is 2. The highest BCUT2D eigenvalue weighted by atomic mass is 19.4. The number of fused-ring (bicyclic) bond motifs is 1. The number of hydrogen-bond donors (Lipinski definition) is 2. The van der Waals surface area contributed by atoms with Crippen molar-refractivity contribution in [2.75, 3.05) is 19.7 Å². The van der Waals surface area contributed by atoms with Crippen molar-refractivity contribution in [3.8, 4) is 0 Å². The number of alkyl halides is 3. The maximum Gasteiger partial charge on any atom is 0.418 e. The average Bonchev–Trinajstić information content (AvgIpc) is 2.92. The number of carbonyl (C=O) groups excluding carboxylic acids is 1. The van der Waals surface area contributed by atoms with Crippen LogP contribution in [0.2, 0.25) is 0 Å². The van der Waals surface area contributed by atoms with Crippen LogP contribution in [0.1, 0.15) is 25.1 Å². The molecule has 1 amide bonds. The van der Waals surface area contributed by atoms with Crippen molar-refractivity contribution in [1.29, 1.82) is 0 Å². The first-order valence-corrected chi connectivity index (χ1v) is 8.29. The summed E-state index contributed by atoms with van der Waals surface area (Å²) in [6, 6.07) is 3.96. The lowest BCUT2D eigenvalue weighted by atomic mass is 9.95. The van der Waals surface area contributed by atoms with Gasteiger partial charge in [0.25, 0.3) is 5.91 Å². The minimum atomic E-state index is -4.49. The Kier molecular flexibility index (Phi) is 4.70. The molecule has 2 aromatic rings. The lowest BCUT2D eigenvalue weighted by Gasteiger charge is -2.29. The van der Waals surface area contributed by atoms with E-state index >= 15 is 0 Å². The molecule has 2 heterocycles. The van der Waals surface area contributed by atoms with Crippen LogP contribution in [0.5, 0.6) is 0 Å². The highest BCUT2D eigenvalue weighted by Crippen LogP contribution is 2.37. The standard InChI is InChI=1S/C17H21F3N4O2/c1-16(2,22-15(25)12-9-21-7-8-26-12)14-10-5-4-6-11(17(18,19)20)13(10)24(3)23-14/h4-6,12,21H,7-9H2,1-3H3,(H,22,25)/t12-/m0/s1. The second kappa shape index (κ2) is 6.55. The third-order valence-corrected chi connectivity index (χ3v) is 4.42.